The van der Waals surface area contributed by atoms with E-state index in [0.29, 0.717) is 36.5 Å². The Morgan fingerprint density at radius 1 is 1.05 bits per heavy atom. The number of benzene rings is 3. The standard InChI is InChI=1S/C32H33FN4O2/c1-34-29(38)11-6-18-35-19-20-39-26-15-12-24(13-16-26)31(25-14-17-28-27(21-25)32(33)37-36-28)30(23-9-5-10-23)22-7-3-2-4-8-22/h2-4,6-8,11-17,21,23,35H,5,9-10,18-20H2,1H3,(H,34,38)(H,36,37)/b11-6+,31-30-. The normalized spacial score (nSPS) is 14.3. The molecule has 39 heavy (non-hydrogen) atoms. The van der Waals surface area contributed by atoms with E-state index in [1.807, 2.05) is 36.4 Å². The van der Waals surface area contributed by atoms with Gasteiger partial charge < -0.3 is 15.4 Å². The molecule has 1 fully saturated rings. The number of aromatic nitrogens is 2. The van der Waals surface area contributed by atoms with Crippen LogP contribution in [0.4, 0.5) is 4.39 Å². The van der Waals surface area contributed by atoms with Crippen molar-refractivity contribution in [3.05, 3.63) is 108 Å². The molecule has 0 bridgehead atoms. The zero-order valence-electron chi connectivity index (χ0n) is 22.0. The fraction of sp³-hybridized carbons (Fsp3) is 0.250. The van der Waals surface area contributed by atoms with Gasteiger partial charge in [0.15, 0.2) is 0 Å². The van der Waals surface area contributed by atoms with E-state index < -0.39 is 5.95 Å². The summed E-state index contributed by atoms with van der Waals surface area (Å²) in [6.07, 6.45) is 6.78. The summed E-state index contributed by atoms with van der Waals surface area (Å²) >= 11 is 0. The van der Waals surface area contributed by atoms with Gasteiger partial charge in [0.05, 0.1) is 10.9 Å². The number of nitrogens with zero attached hydrogens (tertiary/aromatic N) is 1. The molecule has 1 amide bonds. The molecule has 1 aliphatic rings. The summed E-state index contributed by atoms with van der Waals surface area (Å²) in [7, 11) is 1.60. The third-order valence-electron chi connectivity index (χ3n) is 7.13. The number of amides is 1. The van der Waals surface area contributed by atoms with Crippen LogP contribution in [0.2, 0.25) is 0 Å². The molecule has 1 aromatic heterocycles. The van der Waals surface area contributed by atoms with E-state index in [-0.39, 0.29) is 5.91 Å². The van der Waals surface area contributed by atoms with E-state index >= 15 is 0 Å². The Hall–Kier alpha value is -4.23. The quantitative estimate of drug-likeness (QED) is 0.133. The zero-order valence-corrected chi connectivity index (χ0v) is 22.0. The third-order valence-corrected chi connectivity index (χ3v) is 7.13. The number of fused-ring (bicyclic) bond motifs is 1. The van der Waals surface area contributed by atoms with Crippen LogP contribution >= 0.6 is 0 Å². The first-order valence-corrected chi connectivity index (χ1v) is 13.4. The van der Waals surface area contributed by atoms with Gasteiger partial charge in [-0.3, -0.25) is 9.89 Å². The SMILES string of the molecule is CNC(=O)/C=C/CNCCOc1ccc(/C(=C(\c2ccccc2)C2CCC2)c2ccc3n[nH]c(F)c3c2)cc1. The van der Waals surface area contributed by atoms with Crippen LogP contribution in [0, 0.1) is 11.9 Å². The summed E-state index contributed by atoms with van der Waals surface area (Å²) in [6.45, 7) is 1.75. The third kappa shape index (κ3) is 6.26. The van der Waals surface area contributed by atoms with E-state index in [0.717, 1.165) is 35.3 Å². The van der Waals surface area contributed by atoms with Crippen molar-refractivity contribution in [2.45, 2.75) is 19.3 Å². The average molecular weight is 525 g/mol. The summed E-state index contributed by atoms with van der Waals surface area (Å²) in [5, 5.41) is 12.8. The van der Waals surface area contributed by atoms with Crippen molar-refractivity contribution in [1.82, 2.24) is 20.8 Å². The molecule has 0 saturated heterocycles. The topological polar surface area (TPSA) is 79.0 Å². The van der Waals surface area contributed by atoms with Crippen LogP contribution in [0.15, 0.2) is 84.9 Å². The number of H-pyrrole nitrogens is 1. The number of carbonyl (C=O) groups is 1. The number of hydrogen-bond donors (Lipinski definition) is 3. The molecule has 0 radical (unpaired) electrons. The van der Waals surface area contributed by atoms with Crippen LogP contribution in [0.25, 0.3) is 22.0 Å². The maximum absolute atomic E-state index is 14.5. The maximum atomic E-state index is 14.5. The Bertz CT molecular complexity index is 1470. The minimum absolute atomic E-state index is 0.121. The number of halogens is 1. The monoisotopic (exact) mass is 524 g/mol. The van der Waals surface area contributed by atoms with Gasteiger partial charge in [-0.1, -0.05) is 61.0 Å². The van der Waals surface area contributed by atoms with Crippen molar-refractivity contribution in [1.29, 1.82) is 0 Å². The summed E-state index contributed by atoms with van der Waals surface area (Å²) in [6, 6.07) is 24.5. The van der Waals surface area contributed by atoms with Gasteiger partial charge in [-0.05, 0) is 70.9 Å². The Kier molecular flexibility index (Phi) is 8.48. The molecule has 4 aromatic rings. The van der Waals surface area contributed by atoms with Crippen molar-refractivity contribution in [2.24, 2.45) is 5.92 Å². The Labute approximate surface area is 228 Å². The molecule has 200 valence electrons. The van der Waals surface area contributed by atoms with Crippen molar-refractivity contribution in [3.63, 3.8) is 0 Å². The zero-order chi connectivity index (χ0) is 27.0. The molecular weight excluding hydrogens is 491 g/mol. The molecule has 7 heteroatoms. The van der Waals surface area contributed by atoms with Crippen LogP contribution in [0.3, 0.4) is 0 Å². The maximum Gasteiger partial charge on any atom is 0.243 e. The van der Waals surface area contributed by atoms with Gasteiger partial charge in [0.25, 0.3) is 0 Å². The summed E-state index contributed by atoms with van der Waals surface area (Å²) in [5.74, 6) is 0.690. The highest BCUT2D eigenvalue weighted by molar-refractivity contribution is 6.01. The second-order valence-corrected chi connectivity index (χ2v) is 9.65. The van der Waals surface area contributed by atoms with E-state index in [1.54, 1.807) is 13.1 Å². The lowest BCUT2D eigenvalue weighted by molar-refractivity contribution is -0.116. The number of hydrogen-bond acceptors (Lipinski definition) is 4. The number of allylic oxidation sites excluding steroid dienone is 1. The average Bonchev–Trinajstić information content (AvgIpc) is 3.32. The lowest BCUT2D eigenvalue weighted by Gasteiger charge is -2.31. The first-order chi connectivity index (χ1) is 19.1. The van der Waals surface area contributed by atoms with Crippen molar-refractivity contribution in [3.8, 4) is 5.75 Å². The Balaban J connectivity index is 1.41. The summed E-state index contributed by atoms with van der Waals surface area (Å²) < 4.78 is 20.4. The molecule has 3 aromatic carbocycles. The van der Waals surface area contributed by atoms with Gasteiger partial charge in [-0.15, -0.1) is 0 Å². The molecule has 5 rings (SSSR count). The summed E-state index contributed by atoms with van der Waals surface area (Å²) in [4.78, 5) is 11.2. The van der Waals surface area contributed by atoms with Gasteiger partial charge in [-0.25, -0.2) is 0 Å². The molecule has 0 atom stereocenters. The largest absolute Gasteiger partial charge is 0.492 e. The number of aromatic amines is 1. The van der Waals surface area contributed by atoms with Crippen LogP contribution < -0.4 is 15.4 Å². The second-order valence-electron chi connectivity index (χ2n) is 9.65. The molecule has 1 heterocycles. The minimum atomic E-state index is -0.419. The Morgan fingerprint density at radius 3 is 2.54 bits per heavy atom. The number of likely N-dealkylation sites (N-methyl/N-ethyl adjacent to an activating group) is 1. The molecule has 0 spiro atoms. The van der Waals surface area contributed by atoms with Crippen LogP contribution in [-0.2, 0) is 4.79 Å². The van der Waals surface area contributed by atoms with Crippen molar-refractivity contribution >= 4 is 28.0 Å². The first kappa shape index (κ1) is 26.4. The van der Waals surface area contributed by atoms with E-state index in [4.69, 9.17) is 4.74 Å². The van der Waals surface area contributed by atoms with Crippen molar-refractivity contribution < 1.29 is 13.9 Å². The Morgan fingerprint density at radius 2 is 1.82 bits per heavy atom. The van der Waals surface area contributed by atoms with Gasteiger partial charge in [0.2, 0.25) is 11.9 Å². The van der Waals surface area contributed by atoms with E-state index in [2.05, 4.69) is 57.2 Å². The molecule has 1 aliphatic carbocycles. The van der Waals surface area contributed by atoms with Gasteiger partial charge >= 0.3 is 0 Å². The number of rotatable bonds is 11. The van der Waals surface area contributed by atoms with Crippen molar-refractivity contribution in [2.75, 3.05) is 26.7 Å². The first-order valence-electron chi connectivity index (χ1n) is 13.4. The lowest BCUT2D eigenvalue weighted by Crippen LogP contribution is -2.21. The second kappa shape index (κ2) is 12.5. The number of carbonyl (C=O) groups excluding carboxylic acids is 1. The fourth-order valence-electron chi connectivity index (χ4n) is 4.90. The van der Waals surface area contributed by atoms with Crippen LogP contribution in [0.1, 0.15) is 36.0 Å². The molecule has 6 nitrogen and oxygen atoms in total. The highest BCUT2D eigenvalue weighted by atomic mass is 19.1. The highest BCUT2D eigenvalue weighted by Gasteiger charge is 2.27. The predicted octanol–water partition coefficient (Wildman–Crippen LogP) is 5.73. The number of ether oxygens (including phenoxy) is 1. The molecular formula is C32H33FN4O2. The highest BCUT2D eigenvalue weighted by Crippen LogP contribution is 2.45. The predicted molar refractivity (Wildman–Crippen MR) is 154 cm³/mol. The fourth-order valence-corrected chi connectivity index (χ4v) is 4.90. The van der Waals surface area contributed by atoms with Gasteiger partial charge in [0, 0.05) is 26.2 Å². The smallest absolute Gasteiger partial charge is 0.243 e. The summed E-state index contributed by atoms with van der Waals surface area (Å²) in [5.41, 5.74) is 6.26. The molecule has 3 N–H and O–H groups in total. The molecule has 0 aliphatic heterocycles. The van der Waals surface area contributed by atoms with Crippen LogP contribution in [-0.4, -0.2) is 42.8 Å². The minimum Gasteiger partial charge on any atom is -0.492 e. The van der Waals surface area contributed by atoms with Gasteiger partial charge in [-0.2, -0.15) is 9.49 Å². The van der Waals surface area contributed by atoms with Gasteiger partial charge in [0.1, 0.15) is 12.4 Å². The molecule has 0 unspecified atom stereocenters. The van der Waals surface area contributed by atoms with E-state index in [9.17, 15) is 9.18 Å². The molecule has 1 saturated carbocycles. The number of nitrogens with one attached hydrogen (secondary N) is 3. The van der Waals surface area contributed by atoms with Crippen LogP contribution in [0.5, 0.6) is 5.75 Å². The lowest BCUT2D eigenvalue weighted by atomic mass is 9.73. The van der Waals surface area contributed by atoms with E-state index in [1.165, 1.54) is 23.6 Å².